The van der Waals surface area contributed by atoms with E-state index in [-0.39, 0.29) is 21.2 Å². The van der Waals surface area contributed by atoms with E-state index < -0.39 is 56.0 Å². The summed E-state index contributed by atoms with van der Waals surface area (Å²) in [7, 11) is 0. The first-order chi connectivity index (χ1) is 17.7. The third-order valence-electron chi connectivity index (χ3n) is 6.91. The molecule has 2 fully saturated rings. The molecule has 2 bridgehead atoms. The van der Waals surface area contributed by atoms with Crippen LogP contribution in [0.3, 0.4) is 0 Å². The summed E-state index contributed by atoms with van der Waals surface area (Å²) in [5.41, 5.74) is 0.219. The maximum Gasteiger partial charge on any atom is 0.273 e. The summed E-state index contributed by atoms with van der Waals surface area (Å²) in [6.45, 7) is -0.702. The molecule has 38 heavy (non-hydrogen) atoms. The Hall–Kier alpha value is -1.22. The van der Waals surface area contributed by atoms with E-state index in [4.69, 9.17) is 92.8 Å². The third kappa shape index (κ3) is 3.61. The van der Waals surface area contributed by atoms with Crippen molar-refractivity contribution >= 4 is 116 Å². The van der Waals surface area contributed by atoms with Crippen molar-refractivity contribution < 1.29 is 19.2 Å². The van der Waals surface area contributed by atoms with Crippen LogP contribution in [0.5, 0.6) is 0 Å². The van der Waals surface area contributed by atoms with Gasteiger partial charge in [-0.1, -0.05) is 69.6 Å². The second kappa shape index (κ2) is 9.42. The third-order valence-corrected chi connectivity index (χ3v) is 11.7. The molecule has 2 aliphatic carbocycles. The molecule has 1 saturated carbocycles. The van der Waals surface area contributed by atoms with E-state index in [2.05, 4.69) is 0 Å². The summed E-state index contributed by atoms with van der Waals surface area (Å²) in [5, 5.41) is 1.42. The molecule has 4 atom stereocenters. The van der Waals surface area contributed by atoms with Gasteiger partial charge in [0.15, 0.2) is 10.1 Å². The molecule has 2 aromatic rings. The number of Topliss-reactive ketones (excluding diaryl/α,β-unsaturated/α-hetero) is 1. The molecule has 2 aromatic carbocycles. The van der Waals surface area contributed by atoms with Gasteiger partial charge in [-0.3, -0.25) is 19.2 Å². The zero-order valence-corrected chi connectivity index (χ0v) is 24.6. The highest BCUT2D eigenvalue weighted by molar-refractivity contribution is 6.66. The first-order valence-corrected chi connectivity index (χ1v) is 13.8. The highest BCUT2D eigenvalue weighted by atomic mass is 35.5. The number of halogens is 8. The summed E-state index contributed by atoms with van der Waals surface area (Å²) >= 11 is 51.1. The van der Waals surface area contributed by atoms with Crippen LogP contribution in [-0.2, 0) is 9.59 Å². The minimum atomic E-state index is -2.14. The lowest BCUT2D eigenvalue weighted by Crippen LogP contribution is -2.56. The van der Waals surface area contributed by atoms with Crippen LogP contribution in [0, 0.1) is 11.8 Å². The van der Waals surface area contributed by atoms with Gasteiger partial charge in [-0.25, -0.2) is 5.01 Å². The van der Waals surface area contributed by atoms with E-state index >= 15 is 0 Å². The number of imide groups is 1. The lowest BCUT2D eigenvalue weighted by Gasteiger charge is -2.36. The molecule has 0 radical (unpaired) electrons. The van der Waals surface area contributed by atoms with Crippen molar-refractivity contribution in [1.29, 1.82) is 0 Å². The molecule has 6 nitrogen and oxygen atoms in total. The zero-order valence-electron chi connectivity index (χ0n) is 18.5. The average Bonchev–Trinajstić information content (AvgIpc) is 3.26. The lowest BCUT2D eigenvalue weighted by molar-refractivity contribution is -0.154. The van der Waals surface area contributed by atoms with Gasteiger partial charge in [0.05, 0.1) is 21.9 Å². The number of alkyl halides is 4. The number of carbonyl (C=O) groups excluding carboxylic acids is 4. The van der Waals surface area contributed by atoms with E-state index in [1.54, 1.807) is 0 Å². The number of rotatable bonds is 5. The number of benzene rings is 2. The topological polar surface area (TPSA) is 74.8 Å². The fraction of sp³-hybridized carbons (Fsp3) is 0.250. The Morgan fingerprint density at radius 3 is 1.53 bits per heavy atom. The number of hydrazine groups is 1. The molecule has 198 valence electrons. The Labute approximate surface area is 256 Å². The smallest absolute Gasteiger partial charge is 0.273 e. The molecule has 0 spiro atoms. The number of nitrogens with zero attached hydrogens (tertiary/aromatic N) is 2. The Morgan fingerprint density at radius 2 is 1.11 bits per heavy atom. The lowest BCUT2D eigenvalue weighted by atomic mass is 9.84. The van der Waals surface area contributed by atoms with Gasteiger partial charge >= 0.3 is 0 Å². The van der Waals surface area contributed by atoms with E-state index in [1.807, 2.05) is 0 Å². The fourth-order valence-corrected chi connectivity index (χ4v) is 8.24. The van der Waals surface area contributed by atoms with Gasteiger partial charge in [0, 0.05) is 21.2 Å². The molecule has 0 N–H and O–H groups in total. The van der Waals surface area contributed by atoms with Gasteiger partial charge in [0.2, 0.25) is 0 Å². The van der Waals surface area contributed by atoms with Gasteiger partial charge < -0.3 is 0 Å². The van der Waals surface area contributed by atoms with Crippen molar-refractivity contribution in [3.63, 3.8) is 0 Å². The Bertz CT molecular complexity index is 1400. The number of hydrogen-bond acceptors (Lipinski definition) is 4. The quantitative estimate of drug-likeness (QED) is 0.201. The molecule has 5 rings (SSSR count). The van der Waals surface area contributed by atoms with Crippen molar-refractivity contribution in [2.24, 2.45) is 11.8 Å². The summed E-state index contributed by atoms with van der Waals surface area (Å²) in [6.07, 6.45) is 0. The van der Waals surface area contributed by atoms with Crippen molar-refractivity contribution in [1.82, 2.24) is 10.0 Å². The molecule has 14 heteroatoms. The van der Waals surface area contributed by atoms with Crippen LogP contribution in [0.2, 0.25) is 10.0 Å². The van der Waals surface area contributed by atoms with Crippen LogP contribution >= 0.6 is 92.8 Å². The van der Waals surface area contributed by atoms with Gasteiger partial charge in [-0.05, 0) is 48.5 Å². The van der Waals surface area contributed by atoms with Crippen molar-refractivity contribution in [3.8, 4) is 0 Å². The number of ketones is 1. The largest absolute Gasteiger partial charge is 0.292 e. The molecule has 0 aromatic heterocycles. The molecular formula is C24H12Cl8N2O4. The second-order valence-electron chi connectivity index (χ2n) is 8.87. The van der Waals surface area contributed by atoms with Crippen molar-refractivity contribution in [2.45, 2.75) is 14.1 Å². The fourth-order valence-electron chi connectivity index (χ4n) is 5.06. The Balaban J connectivity index is 1.59. The van der Waals surface area contributed by atoms with Crippen LogP contribution in [0.4, 0.5) is 0 Å². The maximum absolute atomic E-state index is 13.8. The number of carbonyl (C=O) groups is 4. The normalized spacial score (nSPS) is 29.2. The molecule has 1 saturated heterocycles. The highest BCUT2D eigenvalue weighted by Crippen LogP contribution is 2.77. The van der Waals surface area contributed by atoms with Crippen LogP contribution in [0.1, 0.15) is 20.7 Å². The first kappa shape index (κ1) is 28.3. The molecule has 1 aliphatic heterocycles. The van der Waals surface area contributed by atoms with E-state index in [9.17, 15) is 19.2 Å². The van der Waals surface area contributed by atoms with Gasteiger partial charge in [-0.2, -0.15) is 5.01 Å². The standard InChI is InChI=1S/C24H12Cl8N2O4/c25-12-5-1-10(2-6-12)14(35)9-33(19(36)11-3-7-13(26)8-4-11)34-20(37)15-16(21(34)38)23(30)18(28)17(27)22(15,29)24(23,31)32/h1-8,15-16H,9H2/t15-,16-,22-,23-/m1/s1. The summed E-state index contributed by atoms with van der Waals surface area (Å²) in [6, 6.07) is 11.5. The summed E-state index contributed by atoms with van der Waals surface area (Å²) in [5.74, 6) is -6.36. The summed E-state index contributed by atoms with van der Waals surface area (Å²) < 4.78 is -2.14. The van der Waals surface area contributed by atoms with Crippen LogP contribution in [0.25, 0.3) is 0 Å². The Morgan fingerprint density at radius 1 is 0.711 bits per heavy atom. The van der Waals surface area contributed by atoms with Crippen LogP contribution < -0.4 is 0 Å². The molecule has 3 amide bonds. The van der Waals surface area contributed by atoms with E-state index in [0.29, 0.717) is 15.1 Å². The van der Waals surface area contributed by atoms with Crippen molar-refractivity contribution in [2.75, 3.05) is 6.54 Å². The number of hydrogen-bond donors (Lipinski definition) is 0. The number of amides is 3. The van der Waals surface area contributed by atoms with Gasteiger partial charge in [-0.15, -0.1) is 23.2 Å². The zero-order chi connectivity index (χ0) is 27.9. The molecule has 3 aliphatic rings. The molecule has 0 unspecified atom stereocenters. The Kier molecular flexibility index (Phi) is 7.02. The second-order valence-corrected chi connectivity index (χ2v) is 13.0. The SMILES string of the molecule is O=C(CN(C(=O)c1ccc(Cl)cc1)N1C(=O)[C@H]2[C@H](C1=O)[C@@]1(Cl)C(Cl)=C(Cl)[C@@]2(Cl)C1(Cl)Cl)c1ccc(Cl)cc1. The monoisotopic (exact) mass is 672 g/mol. The average molecular weight is 676 g/mol. The number of allylic oxidation sites excluding steroid dienone is 2. The predicted octanol–water partition coefficient (Wildman–Crippen LogP) is 6.68. The minimum Gasteiger partial charge on any atom is -0.292 e. The predicted molar refractivity (Wildman–Crippen MR) is 147 cm³/mol. The molecular weight excluding hydrogens is 664 g/mol. The van der Waals surface area contributed by atoms with Crippen LogP contribution in [-0.4, -0.2) is 54.1 Å². The van der Waals surface area contributed by atoms with E-state index in [0.717, 1.165) is 5.01 Å². The minimum absolute atomic E-state index is 0.0401. The number of fused-ring (bicyclic) bond motifs is 5. The first-order valence-electron chi connectivity index (χ1n) is 10.7. The summed E-state index contributed by atoms with van der Waals surface area (Å²) in [4.78, 5) is 50.4. The van der Waals surface area contributed by atoms with Gasteiger partial charge in [0.25, 0.3) is 17.7 Å². The van der Waals surface area contributed by atoms with E-state index in [1.165, 1.54) is 48.5 Å². The highest BCUT2D eigenvalue weighted by Gasteiger charge is 2.88. The maximum atomic E-state index is 13.8. The van der Waals surface area contributed by atoms with Crippen molar-refractivity contribution in [3.05, 3.63) is 79.8 Å². The van der Waals surface area contributed by atoms with Crippen LogP contribution in [0.15, 0.2) is 58.6 Å². The van der Waals surface area contributed by atoms with Gasteiger partial charge in [0.1, 0.15) is 16.3 Å². The molecule has 1 heterocycles.